The topological polar surface area (TPSA) is 154 Å². The van der Waals surface area contributed by atoms with Crippen LogP contribution < -0.4 is 16.8 Å². The average molecular weight is 680 g/mol. The summed E-state index contributed by atoms with van der Waals surface area (Å²) in [5.41, 5.74) is 4.70. The smallest absolute Gasteiger partial charge is 0.322 e. The number of benzene rings is 3. The number of aromatic amines is 2. The normalized spacial score (nSPS) is 11.7. The second-order valence-electron chi connectivity index (χ2n) is 11.5. The molecule has 238 valence electrons. The van der Waals surface area contributed by atoms with Crippen LogP contribution in [0.1, 0.15) is 22.5 Å². The van der Waals surface area contributed by atoms with E-state index in [9.17, 15) is 14.4 Å². The van der Waals surface area contributed by atoms with E-state index in [4.69, 9.17) is 23.2 Å². The monoisotopic (exact) mass is 678 g/mol. The lowest BCUT2D eigenvalue weighted by atomic mass is 10.1. The molecule has 0 radical (unpaired) electrons. The first-order valence-electron chi connectivity index (χ1n) is 14.9. The number of imidazole rings is 1. The number of para-hydroxylation sites is 2. The summed E-state index contributed by atoms with van der Waals surface area (Å²) < 4.78 is 6.57. The van der Waals surface area contributed by atoms with Crippen LogP contribution in [0.25, 0.3) is 32.8 Å². The molecule has 5 aromatic heterocycles. The van der Waals surface area contributed by atoms with Crippen LogP contribution in [0.5, 0.6) is 0 Å². The van der Waals surface area contributed by atoms with E-state index in [0.717, 1.165) is 32.9 Å². The summed E-state index contributed by atoms with van der Waals surface area (Å²) in [6.07, 6.45) is 3.53. The number of fused-ring (bicyclic) bond motifs is 3. The molecule has 13 nitrogen and oxygen atoms in total. The van der Waals surface area contributed by atoms with E-state index in [1.165, 1.54) is 12.1 Å². The Hall–Kier alpha value is -5.79. The molecule has 15 heteroatoms. The summed E-state index contributed by atoms with van der Waals surface area (Å²) in [4.78, 5) is 44.0. The molecule has 0 aliphatic carbocycles. The van der Waals surface area contributed by atoms with Crippen LogP contribution in [-0.4, -0.2) is 49.1 Å². The highest BCUT2D eigenvalue weighted by Crippen LogP contribution is 2.22. The van der Waals surface area contributed by atoms with Crippen molar-refractivity contribution in [1.29, 1.82) is 0 Å². The van der Waals surface area contributed by atoms with Gasteiger partial charge in [0.05, 0.1) is 60.6 Å². The Morgan fingerprint density at radius 1 is 0.583 bits per heavy atom. The Bertz CT molecular complexity index is 2520. The summed E-state index contributed by atoms with van der Waals surface area (Å²) in [5, 5.41) is 19.9. The van der Waals surface area contributed by atoms with Crippen molar-refractivity contribution in [3.8, 4) is 0 Å². The fourth-order valence-electron chi connectivity index (χ4n) is 6.10. The molecule has 5 heterocycles. The van der Waals surface area contributed by atoms with Gasteiger partial charge in [-0.1, -0.05) is 57.9 Å². The third kappa shape index (κ3) is 5.58. The van der Waals surface area contributed by atoms with Crippen molar-refractivity contribution in [3.63, 3.8) is 0 Å². The van der Waals surface area contributed by atoms with Crippen LogP contribution in [0.3, 0.4) is 0 Å². The second kappa shape index (κ2) is 11.8. The Morgan fingerprint density at radius 3 is 1.50 bits per heavy atom. The average Bonchev–Trinajstić information content (AvgIpc) is 3.76. The first-order chi connectivity index (χ1) is 23.3. The van der Waals surface area contributed by atoms with Crippen molar-refractivity contribution < 1.29 is 0 Å². The van der Waals surface area contributed by atoms with E-state index in [2.05, 4.69) is 30.6 Å². The van der Waals surface area contributed by atoms with Crippen LogP contribution >= 0.6 is 23.2 Å². The van der Waals surface area contributed by atoms with Crippen molar-refractivity contribution in [2.75, 3.05) is 0 Å². The molecule has 8 aromatic rings. The van der Waals surface area contributed by atoms with Crippen LogP contribution in [-0.2, 0) is 26.2 Å². The van der Waals surface area contributed by atoms with Crippen LogP contribution in [0.4, 0.5) is 0 Å². The number of halogens is 2. The zero-order valence-corrected chi connectivity index (χ0v) is 26.5. The maximum absolute atomic E-state index is 13.8. The molecule has 0 aliphatic heterocycles. The molecule has 0 saturated heterocycles. The number of nitrogens with zero attached hydrogens (tertiary/aromatic N) is 8. The Balaban J connectivity index is 1.05. The summed E-state index contributed by atoms with van der Waals surface area (Å²) in [6, 6.07) is 21.2. The highest BCUT2D eigenvalue weighted by molar-refractivity contribution is 6.31. The predicted octanol–water partition coefficient (Wildman–Crippen LogP) is 4.17. The van der Waals surface area contributed by atoms with Gasteiger partial charge in [0.25, 0.3) is 0 Å². The number of H-pyrrole nitrogens is 2. The van der Waals surface area contributed by atoms with Gasteiger partial charge in [-0.2, -0.15) is 0 Å². The van der Waals surface area contributed by atoms with Gasteiger partial charge in [0.15, 0.2) is 0 Å². The summed E-state index contributed by atoms with van der Waals surface area (Å²) in [6.45, 7) is 0.985. The molecule has 0 saturated carbocycles. The molecular formula is C33H24Cl2N10O3. The quantitative estimate of drug-likeness (QED) is 0.245. The van der Waals surface area contributed by atoms with Gasteiger partial charge in [-0.25, -0.2) is 14.2 Å². The van der Waals surface area contributed by atoms with Gasteiger partial charge >= 0.3 is 5.69 Å². The lowest BCUT2D eigenvalue weighted by Crippen LogP contribution is -2.25. The van der Waals surface area contributed by atoms with E-state index < -0.39 is 0 Å². The molecule has 0 aliphatic rings. The molecular weight excluding hydrogens is 655 g/mol. The zero-order chi connectivity index (χ0) is 32.9. The fraction of sp³-hybridized carbons (Fsp3) is 0.121. The van der Waals surface area contributed by atoms with Gasteiger partial charge < -0.3 is 9.97 Å². The molecule has 2 N–H and O–H groups in total. The van der Waals surface area contributed by atoms with Crippen LogP contribution in [0, 0.1) is 0 Å². The largest absolute Gasteiger partial charge is 0.329 e. The number of nitrogens with one attached hydrogen (secondary N) is 2. The Morgan fingerprint density at radius 2 is 1.04 bits per heavy atom. The van der Waals surface area contributed by atoms with Gasteiger partial charge in [-0.3, -0.25) is 18.7 Å². The third-order valence-corrected chi connectivity index (χ3v) is 8.65. The molecule has 0 fully saturated rings. The number of aromatic nitrogens is 10. The molecule has 0 atom stereocenters. The van der Waals surface area contributed by atoms with Gasteiger partial charge in [0.2, 0.25) is 11.1 Å². The Kier molecular flexibility index (Phi) is 7.26. The molecule has 48 heavy (non-hydrogen) atoms. The van der Waals surface area contributed by atoms with E-state index in [1.807, 2.05) is 36.4 Å². The lowest BCUT2D eigenvalue weighted by molar-refractivity contribution is 0.648. The predicted molar refractivity (Wildman–Crippen MR) is 182 cm³/mol. The van der Waals surface area contributed by atoms with E-state index in [0.29, 0.717) is 45.6 Å². The first kappa shape index (κ1) is 29.6. The van der Waals surface area contributed by atoms with E-state index in [1.54, 1.807) is 55.2 Å². The van der Waals surface area contributed by atoms with Crippen molar-refractivity contribution >= 4 is 56.0 Å². The minimum absolute atomic E-state index is 0.185. The number of pyridine rings is 2. The van der Waals surface area contributed by atoms with Crippen molar-refractivity contribution in [1.82, 2.24) is 49.1 Å². The summed E-state index contributed by atoms with van der Waals surface area (Å²) in [7, 11) is 0. The van der Waals surface area contributed by atoms with E-state index in [-0.39, 0.29) is 29.9 Å². The molecule has 8 rings (SSSR count). The number of hydrogen-bond acceptors (Lipinski definition) is 7. The van der Waals surface area contributed by atoms with Crippen molar-refractivity contribution in [2.24, 2.45) is 0 Å². The summed E-state index contributed by atoms with van der Waals surface area (Å²) >= 11 is 12.2. The maximum Gasteiger partial charge on any atom is 0.329 e. The van der Waals surface area contributed by atoms with Crippen LogP contribution in [0.15, 0.2) is 99.6 Å². The second-order valence-corrected chi connectivity index (χ2v) is 12.3. The van der Waals surface area contributed by atoms with E-state index >= 15 is 0 Å². The Labute approximate surface area is 279 Å². The lowest BCUT2D eigenvalue weighted by Gasteiger charge is -2.06. The SMILES string of the molecule is O=c1cc(Cn2cc(Cn3c(=O)n(Cc4cn(Cc5cc(=O)[nH]c6cc(Cl)ccc56)nn4)c4ccccc43)nn2)c2ccc(Cl)cc2[nH]1. The van der Waals surface area contributed by atoms with Crippen molar-refractivity contribution in [2.45, 2.75) is 26.2 Å². The molecule has 0 amide bonds. The van der Waals surface area contributed by atoms with Gasteiger partial charge in [-0.05, 0) is 47.5 Å². The minimum atomic E-state index is -0.242. The van der Waals surface area contributed by atoms with Crippen LogP contribution in [0.2, 0.25) is 10.0 Å². The zero-order valence-electron chi connectivity index (χ0n) is 25.0. The standard InChI is InChI=1S/C33H24Cl2N10O3/c34-21-5-7-25-19(9-31(46)36-27(25)11-21)13-42-15-23(38-40-42)17-44-29-3-1-2-4-30(29)45(33(44)48)18-24-16-43(41-39-24)14-20-10-32(47)37-28-12-22(35)6-8-26(20)28/h1-12,15-16H,13-14,17-18H2,(H,36,46)(H,37,47). The molecule has 0 bridgehead atoms. The summed E-state index contributed by atoms with van der Waals surface area (Å²) in [5.74, 6) is 0. The molecule has 0 unspecified atom stereocenters. The number of rotatable bonds is 8. The third-order valence-electron chi connectivity index (χ3n) is 8.18. The van der Waals surface area contributed by atoms with Gasteiger partial charge in [0, 0.05) is 33.0 Å². The van der Waals surface area contributed by atoms with Gasteiger partial charge in [0.1, 0.15) is 11.4 Å². The number of hydrogen-bond donors (Lipinski definition) is 2. The maximum atomic E-state index is 13.8. The fourth-order valence-corrected chi connectivity index (χ4v) is 6.44. The minimum Gasteiger partial charge on any atom is -0.322 e. The highest BCUT2D eigenvalue weighted by atomic mass is 35.5. The van der Waals surface area contributed by atoms with Crippen molar-refractivity contribution in [3.05, 3.63) is 149 Å². The van der Waals surface area contributed by atoms with Gasteiger partial charge in [-0.15, -0.1) is 10.2 Å². The first-order valence-corrected chi connectivity index (χ1v) is 15.6. The highest BCUT2D eigenvalue weighted by Gasteiger charge is 2.17. The molecule has 0 spiro atoms. The molecule has 3 aromatic carbocycles.